The summed E-state index contributed by atoms with van der Waals surface area (Å²) in [6, 6.07) is 10.3. The number of likely N-dealkylation sites (N-methyl/N-ethyl adjacent to an activating group) is 2. The van der Waals surface area contributed by atoms with Crippen molar-refractivity contribution in [2.45, 2.75) is 36.6 Å². The van der Waals surface area contributed by atoms with Crippen molar-refractivity contribution in [2.75, 3.05) is 63.5 Å². The highest BCUT2D eigenvalue weighted by atomic mass is 32.2. The molecule has 3 atom stereocenters. The largest absolute Gasteiger partial charge is 0.383 e. The summed E-state index contributed by atoms with van der Waals surface area (Å²) in [5.41, 5.74) is 8.82. The first-order valence-electron chi connectivity index (χ1n) is 13.8. The minimum Gasteiger partial charge on any atom is -0.383 e. The molecule has 0 radical (unpaired) electrons. The predicted molar refractivity (Wildman–Crippen MR) is 159 cm³/mol. The summed E-state index contributed by atoms with van der Waals surface area (Å²) in [7, 11) is 2.12. The van der Waals surface area contributed by atoms with Gasteiger partial charge in [-0.25, -0.2) is 0 Å². The summed E-state index contributed by atoms with van der Waals surface area (Å²) in [5, 5.41) is 8.33. The van der Waals surface area contributed by atoms with Crippen molar-refractivity contribution in [3.8, 4) is 0 Å². The molecule has 2 aliphatic rings. The van der Waals surface area contributed by atoms with Crippen LogP contribution >= 0.6 is 11.8 Å². The standard InChI is InChI=1S/C28H40N8O3S/c1-3-36-27(39)23(40-28(36)25(29)26(38)32-18-20-8-11-30-12-9-20)19-31-21-4-6-22(7-5-21)33-24(37)10-13-35-16-14-34(2)15-17-35/h4-9,11-12,23,25,28,31H,3,10,13-19,29H2,1-2H3,(H,32,38)(H,33,37)/t23-,25-,28?/m1/s1. The van der Waals surface area contributed by atoms with Crippen molar-refractivity contribution in [3.63, 3.8) is 0 Å². The van der Waals surface area contributed by atoms with Crippen LogP contribution < -0.4 is 21.7 Å². The van der Waals surface area contributed by atoms with Crippen molar-refractivity contribution in [1.29, 1.82) is 0 Å². The number of nitrogens with zero attached hydrogens (tertiary/aromatic N) is 4. The van der Waals surface area contributed by atoms with Crippen LogP contribution in [0.15, 0.2) is 48.8 Å². The third kappa shape index (κ3) is 8.17. The Bertz CT molecular complexity index is 1130. The van der Waals surface area contributed by atoms with E-state index in [-0.39, 0.29) is 23.0 Å². The van der Waals surface area contributed by atoms with Gasteiger partial charge in [0.05, 0.1) is 0 Å². The Hall–Kier alpha value is -3.19. The fourth-order valence-corrected chi connectivity index (χ4v) is 6.19. The first kappa shape index (κ1) is 29.8. The molecule has 12 heteroatoms. The second-order valence-electron chi connectivity index (χ2n) is 10.1. The predicted octanol–water partition coefficient (Wildman–Crippen LogP) is 1.00. The van der Waals surface area contributed by atoms with Gasteiger partial charge in [-0.3, -0.25) is 19.4 Å². The lowest BCUT2D eigenvalue weighted by Gasteiger charge is -2.32. The number of hydrogen-bond acceptors (Lipinski definition) is 9. The number of aromatic nitrogens is 1. The molecule has 5 N–H and O–H groups in total. The second kappa shape index (κ2) is 14.4. The van der Waals surface area contributed by atoms with E-state index in [1.807, 2.05) is 43.3 Å². The summed E-state index contributed by atoms with van der Waals surface area (Å²) in [6.45, 7) is 7.94. The lowest BCUT2D eigenvalue weighted by atomic mass is 10.2. The van der Waals surface area contributed by atoms with E-state index in [1.165, 1.54) is 11.8 Å². The summed E-state index contributed by atoms with van der Waals surface area (Å²) in [4.78, 5) is 48.5. The summed E-state index contributed by atoms with van der Waals surface area (Å²) >= 11 is 1.41. The van der Waals surface area contributed by atoms with Crippen LogP contribution in [-0.2, 0) is 20.9 Å². The number of rotatable bonds is 12. The highest BCUT2D eigenvalue weighted by Crippen LogP contribution is 2.33. The monoisotopic (exact) mass is 568 g/mol. The van der Waals surface area contributed by atoms with E-state index < -0.39 is 11.4 Å². The molecular weight excluding hydrogens is 528 g/mol. The van der Waals surface area contributed by atoms with E-state index in [1.54, 1.807) is 17.3 Å². The summed E-state index contributed by atoms with van der Waals surface area (Å²) < 4.78 is 0. The first-order valence-corrected chi connectivity index (χ1v) is 14.7. The van der Waals surface area contributed by atoms with Gasteiger partial charge in [0, 0.05) is 82.5 Å². The molecule has 1 aromatic carbocycles. The van der Waals surface area contributed by atoms with Crippen molar-refractivity contribution < 1.29 is 14.4 Å². The number of carbonyl (C=O) groups is 3. The fraction of sp³-hybridized carbons (Fsp3) is 0.500. The number of hydrogen-bond donors (Lipinski definition) is 4. The van der Waals surface area contributed by atoms with Crippen LogP contribution in [0.2, 0.25) is 0 Å². The molecule has 0 spiro atoms. The molecule has 11 nitrogen and oxygen atoms in total. The molecule has 2 aliphatic heterocycles. The Labute approximate surface area is 240 Å². The average molecular weight is 569 g/mol. The quantitative estimate of drug-likeness (QED) is 0.296. The molecule has 2 saturated heterocycles. The third-order valence-electron chi connectivity index (χ3n) is 7.25. The number of amides is 3. The molecule has 2 fully saturated rings. The van der Waals surface area contributed by atoms with Crippen molar-refractivity contribution in [2.24, 2.45) is 5.73 Å². The van der Waals surface area contributed by atoms with Crippen molar-refractivity contribution in [3.05, 3.63) is 54.4 Å². The third-order valence-corrected chi connectivity index (χ3v) is 8.77. The Balaban J connectivity index is 1.22. The van der Waals surface area contributed by atoms with Gasteiger partial charge in [-0.05, 0) is 55.9 Å². The molecule has 1 aromatic heterocycles. The van der Waals surface area contributed by atoms with Crippen molar-refractivity contribution in [1.82, 2.24) is 25.0 Å². The van der Waals surface area contributed by atoms with Crippen molar-refractivity contribution >= 4 is 40.9 Å². The summed E-state index contributed by atoms with van der Waals surface area (Å²) in [6.07, 6.45) is 3.80. The lowest BCUT2D eigenvalue weighted by molar-refractivity contribution is -0.131. The zero-order valence-electron chi connectivity index (χ0n) is 23.2. The van der Waals surface area contributed by atoms with E-state index in [2.05, 4.69) is 37.8 Å². The zero-order valence-corrected chi connectivity index (χ0v) is 24.0. The highest BCUT2D eigenvalue weighted by Gasteiger charge is 2.44. The van der Waals surface area contributed by atoms with Gasteiger partial charge in [-0.2, -0.15) is 0 Å². The molecule has 0 saturated carbocycles. The van der Waals surface area contributed by atoms with Gasteiger partial charge in [-0.15, -0.1) is 11.8 Å². The second-order valence-corrected chi connectivity index (χ2v) is 11.5. The van der Waals surface area contributed by atoms with E-state index in [0.29, 0.717) is 26.1 Å². The Morgan fingerprint density at radius 3 is 2.42 bits per heavy atom. The van der Waals surface area contributed by atoms with Crippen LogP contribution in [0.5, 0.6) is 0 Å². The maximum atomic E-state index is 13.1. The number of benzene rings is 1. The van der Waals surface area contributed by atoms with Crippen LogP contribution in [0.25, 0.3) is 0 Å². The molecule has 4 rings (SSSR count). The molecule has 0 aliphatic carbocycles. The molecule has 40 heavy (non-hydrogen) atoms. The number of nitrogens with one attached hydrogen (secondary N) is 3. The van der Waals surface area contributed by atoms with E-state index in [4.69, 9.17) is 5.73 Å². The number of nitrogens with two attached hydrogens (primary N) is 1. The van der Waals surface area contributed by atoms with Gasteiger partial charge in [0.15, 0.2) is 0 Å². The van der Waals surface area contributed by atoms with Crippen LogP contribution in [0, 0.1) is 0 Å². The normalized spacial score (nSPS) is 20.8. The fourth-order valence-electron chi connectivity index (χ4n) is 4.73. The van der Waals surface area contributed by atoms with E-state index in [0.717, 1.165) is 49.7 Å². The molecule has 3 amide bonds. The minimum absolute atomic E-state index is 0.000518. The van der Waals surface area contributed by atoms with Crippen LogP contribution in [0.1, 0.15) is 18.9 Å². The van der Waals surface area contributed by atoms with Crippen LogP contribution in [0.3, 0.4) is 0 Å². The lowest BCUT2D eigenvalue weighted by Crippen LogP contribution is -2.52. The minimum atomic E-state index is -0.847. The molecule has 216 valence electrons. The Morgan fingerprint density at radius 1 is 1.07 bits per heavy atom. The van der Waals surface area contributed by atoms with Gasteiger partial charge in [0.25, 0.3) is 0 Å². The Kier molecular flexibility index (Phi) is 10.8. The number of pyridine rings is 1. The zero-order chi connectivity index (χ0) is 28.5. The maximum Gasteiger partial charge on any atom is 0.240 e. The highest BCUT2D eigenvalue weighted by molar-refractivity contribution is 8.01. The average Bonchev–Trinajstić information content (AvgIpc) is 3.30. The van der Waals surface area contributed by atoms with Gasteiger partial charge in [0.1, 0.15) is 16.7 Å². The van der Waals surface area contributed by atoms with Gasteiger partial charge in [-0.1, -0.05) is 0 Å². The topological polar surface area (TPSA) is 136 Å². The first-order chi connectivity index (χ1) is 19.3. The maximum absolute atomic E-state index is 13.1. The smallest absolute Gasteiger partial charge is 0.240 e. The van der Waals surface area contributed by atoms with Crippen LogP contribution in [0.4, 0.5) is 11.4 Å². The van der Waals surface area contributed by atoms with Gasteiger partial charge >= 0.3 is 0 Å². The SMILES string of the molecule is CCN1C(=O)[C@@H](CNc2ccc(NC(=O)CCN3CCN(C)CC3)cc2)SC1[C@H](N)C(=O)NCc1ccncc1. The molecule has 3 heterocycles. The molecular formula is C28H40N8O3S. The van der Waals surface area contributed by atoms with Gasteiger partial charge < -0.3 is 36.4 Å². The van der Waals surface area contributed by atoms with Crippen LogP contribution in [-0.4, -0.2) is 107 Å². The summed E-state index contributed by atoms with van der Waals surface area (Å²) in [5.74, 6) is -0.332. The molecule has 1 unspecified atom stereocenters. The number of thioether (sulfide) groups is 1. The van der Waals surface area contributed by atoms with E-state index in [9.17, 15) is 14.4 Å². The molecule has 0 bridgehead atoms. The number of carbonyl (C=O) groups excluding carboxylic acids is 3. The molecule has 2 aromatic rings. The Morgan fingerprint density at radius 2 is 1.75 bits per heavy atom. The number of anilines is 2. The number of piperazine rings is 1. The van der Waals surface area contributed by atoms with E-state index >= 15 is 0 Å². The van der Waals surface area contributed by atoms with Gasteiger partial charge in [0.2, 0.25) is 17.7 Å².